The van der Waals surface area contributed by atoms with Gasteiger partial charge in [0.1, 0.15) is 17.2 Å². The second-order valence-electron chi connectivity index (χ2n) is 4.33. The Kier molecular flexibility index (Phi) is 3.19. The highest BCUT2D eigenvalue weighted by atomic mass is 19.1. The largest absolute Gasteiger partial charge is 0.493 e. The molecule has 0 aliphatic carbocycles. The molecule has 0 saturated heterocycles. The lowest BCUT2D eigenvalue weighted by molar-refractivity contribution is 0.453. The van der Waals surface area contributed by atoms with Crippen LogP contribution in [0.5, 0.6) is 5.88 Å². The molecule has 0 radical (unpaired) electrons. The summed E-state index contributed by atoms with van der Waals surface area (Å²) in [5.41, 5.74) is -0.201. The Morgan fingerprint density at radius 3 is 2.48 bits per heavy atom. The molecule has 5 nitrogen and oxygen atoms in total. The van der Waals surface area contributed by atoms with Crippen molar-refractivity contribution in [1.29, 1.82) is 0 Å². The van der Waals surface area contributed by atoms with E-state index in [4.69, 9.17) is 0 Å². The number of nitrogens with zero attached hydrogens (tertiary/aromatic N) is 2. The molecule has 2 N–H and O–H groups in total. The van der Waals surface area contributed by atoms with E-state index in [2.05, 4.69) is 15.0 Å². The number of pyridine rings is 1. The van der Waals surface area contributed by atoms with Gasteiger partial charge in [-0.05, 0) is 18.2 Å². The first-order chi connectivity index (χ1) is 10.2. The third-order valence-electron chi connectivity index (χ3n) is 3.00. The Bertz CT molecular complexity index is 847. The molecule has 21 heavy (non-hydrogen) atoms. The normalized spacial score (nSPS) is 10.5. The minimum Gasteiger partial charge on any atom is -0.493 e. The lowest BCUT2D eigenvalue weighted by Gasteiger charge is -2.07. The smallest absolute Gasteiger partial charge is 0.263 e. The number of hydrogen-bond donors (Lipinski definition) is 2. The first-order valence-corrected chi connectivity index (χ1v) is 6.15. The van der Waals surface area contributed by atoms with Gasteiger partial charge in [0.15, 0.2) is 0 Å². The van der Waals surface area contributed by atoms with Crippen LogP contribution in [-0.4, -0.2) is 20.1 Å². The van der Waals surface area contributed by atoms with Gasteiger partial charge in [0, 0.05) is 23.5 Å². The molecule has 0 bridgehead atoms. The van der Waals surface area contributed by atoms with E-state index in [1.165, 1.54) is 30.6 Å². The van der Waals surface area contributed by atoms with E-state index < -0.39 is 17.3 Å². The van der Waals surface area contributed by atoms with Crippen LogP contribution in [0.4, 0.5) is 4.39 Å². The van der Waals surface area contributed by atoms with E-state index in [1.807, 2.05) is 0 Å². The molecular formula is C15H10FN3O2. The average molecular weight is 283 g/mol. The number of halogens is 1. The molecule has 3 rings (SSSR count). The predicted octanol–water partition coefficient (Wildman–Crippen LogP) is 2.34. The minimum absolute atomic E-state index is 0.00466. The number of aromatic hydroxyl groups is 1. The molecule has 0 saturated carbocycles. The van der Waals surface area contributed by atoms with E-state index in [-0.39, 0.29) is 17.0 Å². The standard InChI is InChI=1S/C15H10FN3O2/c16-11-4-2-1-3-10(11)12-14(20)18-13(19-15(12)21)9-5-7-17-8-6-9/h1-8H,(H2,18,19,20,21). The van der Waals surface area contributed by atoms with E-state index in [0.717, 1.165) is 0 Å². The van der Waals surface area contributed by atoms with Crippen molar-refractivity contribution in [2.45, 2.75) is 0 Å². The maximum Gasteiger partial charge on any atom is 0.263 e. The highest BCUT2D eigenvalue weighted by molar-refractivity contribution is 5.69. The zero-order valence-electron chi connectivity index (χ0n) is 10.7. The molecule has 6 heteroatoms. The Hall–Kier alpha value is -3.02. The van der Waals surface area contributed by atoms with Crippen LogP contribution in [0.1, 0.15) is 0 Å². The zero-order valence-corrected chi connectivity index (χ0v) is 10.7. The Morgan fingerprint density at radius 1 is 1.10 bits per heavy atom. The molecule has 2 heterocycles. The molecule has 0 atom stereocenters. The van der Waals surface area contributed by atoms with Gasteiger partial charge in [-0.15, -0.1) is 0 Å². The molecule has 3 aromatic rings. The maximum absolute atomic E-state index is 13.8. The monoisotopic (exact) mass is 283 g/mol. The molecule has 0 unspecified atom stereocenters. The topological polar surface area (TPSA) is 78.9 Å². The van der Waals surface area contributed by atoms with Gasteiger partial charge < -0.3 is 10.1 Å². The van der Waals surface area contributed by atoms with Gasteiger partial charge in [0.2, 0.25) is 5.88 Å². The third kappa shape index (κ3) is 2.38. The summed E-state index contributed by atoms with van der Waals surface area (Å²) in [6.07, 6.45) is 3.08. The van der Waals surface area contributed by atoms with E-state index >= 15 is 0 Å². The van der Waals surface area contributed by atoms with Crippen LogP contribution in [0.15, 0.2) is 53.6 Å². The molecule has 1 aromatic carbocycles. The van der Waals surface area contributed by atoms with Crippen molar-refractivity contribution in [3.05, 3.63) is 65.0 Å². The number of H-pyrrole nitrogens is 1. The van der Waals surface area contributed by atoms with Crippen LogP contribution in [0.3, 0.4) is 0 Å². The molecule has 0 spiro atoms. The summed E-state index contributed by atoms with van der Waals surface area (Å²) < 4.78 is 13.8. The fourth-order valence-electron chi connectivity index (χ4n) is 2.01. The quantitative estimate of drug-likeness (QED) is 0.756. The summed E-state index contributed by atoms with van der Waals surface area (Å²) >= 11 is 0. The Morgan fingerprint density at radius 2 is 1.81 bits per heavy atom. The van der Waals surface area contributed by atoms with Crippen molar-refractivity contribution in [2.24, 2.45) is 0 Å². The molecule has 0 aliphatic rings. The van der Waals surface area contributed by atoms with Gasteiger partial charge in [-0.25, -0.2) is 4.39 Å². The molecule has 0 fully saturated rings. The van der Waals surface area contributed by atoms with Crippen LogP contribution < -0.4 is 5.56 Å². The number of nitrogens with one attached hydrogen (secondary N) is 1. The molecular weight excluding hydrogens is 273 g/mol. The maximum atomic E-state index is 13.8. The lowest BCUT2D eigenvalue weighted by atomic mass is 10.1. The van der Waals surface area contributed by atoms with Crippen molar-refractivity contribution < 1.29 is 9.50 Å². The highest BCUT2D eigenvalue weighted by Gasteiger charge is 2.16. The summed E-state index contributed by atoms with van der Waals surface area (Å²) in [7, 11) is 0. The van der Waals surface area contributed by atoms with Crippen molar-refractivity contribution in [3.63, 3.8) is 0 Å². The first-order valence-electron chi connectivity index (χ1n) is 6.15. The van der Waals surface area contributed by atoms with Crippen molar-refractivity contribution in [1.82, 2.24) is 15.0 Å². The van der Waals surface area contributed by atoms with Gasteiger partial charge in [-0.2, -0.15) is 4.98 Å². The second kappa shape index (κ2) is 5.16. The van der Waals surface area contributed by atoms with E-state index in [9.17, 15) is 14.3 Å². The van der Waals surface area contributed by atoms with Crippen LogP contribution in [0.2, 0.25) is 0 Å². The lowest BCUT2D eigenvalue weighted by Crippen LogP contribution is -2.12. The van der Waals surface area contributed by atoms with Crippen LogP contribution in [-0.2, 0) is 0 Å². The summed E-state index contributed by atoms with van der Waals surface area (Å²) in [6.45, 7) is 0. The fraction of sp³-hybridized carbons (Fsp3) is 0. The van der Waals surface area contributed by atoms with Crippen molar-refractivity contribution >= 4 is 0 Å². The molecule has 104 valence electrons. The first kappa shape index (κ1) is 13.0. The Balaban J connectivity index is 2.19. The van der Waals surface area contributed by atoms with E-state index in [1.54, 1.807) is 18.2 Å². The zero-order chi connectivity index (χ0) is 14.8. The number of hydrogen-bond acceptors (Lipinski definition) is 4. The second-order valence-corrected chi connectivity index (χ2v) is 4.33. The number of aromatic nitrogens is 3. The van der Waals surface area contributed by atoms with E-state index in [0.29, 0.717) is 5.56 Å². The molecule has 2 aromatic heterocycles. The summed E-state index contributed by atoms with van der Waals surface area (Å²) in [6, 6.07) is 8.98. The van der Waals surface area contributed by atoms with Gasteiger partial charge in [0.25, 0.3) is 5.56 Å². The highest BCUT2D eigenvalue weighted by Crippen LogP contribution is 2.27. The average Bonchev–Trinajstić information content (AvgIpc) is 2.49. The molecule has 0 amide bonds. The number of aromatic amines is 1. The van der Waals surface area contributed by atoms with Gasteiger partial charge >= 0.3 is 0 Å². The SMILES string of the molecule is O=c1[nH]c(-c2ccncc2)nc(O)c1-c1ccccc1F. The summed E-state index contributed by atoms with van der Waals surface area (Å²) in [5.74, 6) is -0.924. The Labute approximate surface area is 118 Å². The third-order valence-corrected chi connectivity index (χ3v) is 3.00. The van der Waals surface area contributed by atoms with Crippen LogP contribution in [0.25, 0.3) is 22.5 Å². The van der Waals surface area contributed by atoms with Crippen LogP contribution in [0, 0.1) is 5.82 Å². The number of rotatable bonds is 2. The fourth-order valence-corrected chi connectivity index (χ4v) is 2.01. The summed E-state index contributed by atoms with van der Waals surface area (Å²) in [5, 5.41) is 10.00. The minimum atomic E-state index is -0.612. The van der Waals surface area contributed by atoms with Gasteiger partial charge in [-0.1, -0.05) is 18.2 Å². The van der Waals surface area contributed by atoms with Crippen molar-refractivity contribution in [3.8, 4) is 28.4 Å². The van der Waals surface area contributed by atoms with Gasteiger partial charge in [0.05, 0.1) is 0 Å². The molecule has 0 aliphatic heterocycles. The number of benzene rings is 1. The summed E-state index contributed by atoms with van der Waals surface area (Å²) in [4.78, 5) is 22.5. The predicted molar refractivity (Wildman–Crippen MR) is 75.1 cm³/mol. The van der Waals surface area contributed by atoms with Crippen molar-refractivity contribution in [2.75, 3.05) is 0 Å². The van der Waals surface area contributed by atoms with Crippen LogP contribution >= 0.6 is 0 Å². The van der Waals surface area contributed by atoms with Gasteiger partial charge in [-0.3, -0.25) is 9.78 Å².